The van der Waals surface area contributed by atoms with Crippen LogP contribution in [0.25, 0.3) is 0 Å². The fraction of sp³-hybridized carbons (Fsp3) is 0.929. The van der Waals surface area contributed by atoms with Gasteiger partial charge in [0.25, 0.3) is 0 Å². The summed E-state index contributed by atoms with van der Waals surface area (Å²) in [6.07, 6.45) is 8.18. The summed E-state index contributed by atoms with van der Waals surface area (Å²) in [5.41, 5.74) is 0. The quantitative estimate of drug-likeness (QED) is 0.340. The largest absolute Gasteiger partial charge is 0.508 e. The van der Waals surface area contributed by atoms with Crippen LogP contribution in [-0.2, 0) is 23.0 Å². The van der Waals surface area contributed by atoms with E-state index in [1.54, 1.807) is 6.92 Å². The number of carbonyl (C=O) groups is 1. The molecule has 0 heterocycles. The summed E-state index contributed by atoms with van der Waals surface area (Å²) in [6.45, 7) is 4.68. The molecule has 0 saturated heterocycles. The number of carboxylic acid groups (broad SMARTS) is 1. The van der Waals surface area contributed by atoms with E-state index >= 15 is 0 Å². The maximum absolute atomic E-state index is 11.2. The molecule has 130 valence electrons. The third-order valence-corrected chi connectivity index (χ3v) is 4.28. The Balaban J connectivity index is 0. The predicted octanol–water partition coefficient (Wildman–Crippen LogP) is 5.20. The van der Waals surface area contributed by atoms with Crippen molar-refractivity contribution < 1.29 is 28.1 Å². The van der Waals surface area contributed by atoms with Crippen molar-refractivity contribution in [2.75, 3.05) is 19.4 Å². The van der Waals surface area contributed by atoms with E-state index in [2.05, 4.69) is 4.52 Å². The minimum atomic E-state index is -1.43. The van der Waals surface area contributed by atoms with Gasteiger partial charge in [-0.1, -0.05) is 25.7 Å². The molecular formula is C14H29O6P2+. The molecule has 0 spiro atoms. The van der Waals surface area contributed by atoms with Crippen LogP contribution < -0.4 is 0 Å². The molecule has 0 aliphatic rings. The zero-order valence-electron chi connectivity index (χ0n) is 13.7. The molecule has 0 saturated carbocycles. The Morgan fingerprint density at radius 3 is 1.95 bits per heavy atom. The SMILES string of the molecule is CCOP=O.CCO[P+](=O)CCCCCCCCCC(=O)O. The lowest BCUT2D eigenvalue weighted by Gasteiger charge is -1.98. The van der Waals surface area contributed by atoms with Crippen LogP contribution in [0.2, 0.25) is 0 Å². The molecule has 1 N–H and O–H groups in total. The van der Waals surface area contributed by atoms with Crippen molar-refractivity contribution in [3.8, 4) is 0 Å². The highest BCUT2D eigenvalue weighted by Crippen LogP contribution is 2.23. The number of hydrogen-bond donors (Lipinski definition) is 1. The van der Waals surface area contributed by atoms with E-state index in [9.17, 15) is 13.9 Å². The monoisotopic (exact) mass is 355 g/mol. The fourth-order valence-electron chi connectivity index (χ4n) is 1.66. The van der Waals surface area contributed by atoms with Gasteiger partial charge in [-0.3, -0.25) is 9.32 Å². The lowest BCUT2D eigenvalue weighted by atomic mass is 10.1. The Morgan fingerprint density at radius 1 is 1.00 bits per heavy atom. The summed E-state index contributed by atoms with van der Waals surface area (Å²) in [5.74, 6) is -0.704. The van der Waals surface area contributed by atoms with Gasteiger partial charge in [-0.05, 0) is 37.7 Å². The van der Waals surface area contributed by atoms with Crippen molar-refractivity contribution in [1.82, 2.24) is 0 Å². The van der Waals surface area contributed by atoms with Crippen LogP contribution in [0.5, 0.6) is 0 Å². The molecule has 1 unspecified atom stereocenters. The molecule has 1 atom stereocenters. The molecule has 0 aliphatic heterocycles. The van der Waals surface area contributed by atoms with E-state index in [0.717, 1.165) is 44.9 Å². The van der Waals surface area contributed by atoms with Gasteiger partial charge in [-0.15, -0.1) is 4.52 Å². The predicted molar refractivity (Wildman–Crippen MR) is 87.9 cm³/mol. The van der Waals surface area contributed by atoms with Gasteiger partial charge in [0, 0.05) is 6.42 Å². The first kappa shape index (κ1) is 23.9. The molecule has 0 aliphatic carbocycles. The standard InChI is InChI=1S/C12H23O4P.C2H5O2P/c1-2-16-17(15)11-9-7-5-3-4-6-8-10-12(13)14;1-2-4-5-3/h2-11H2,1H3;2H2,1H3/p+1. The van der Waals surface area contributed by atoms with Crippen molar-refractivity contribution >= 4 is 22.7 Å². The summed E-state index contributed by atoms with van der Waals surface area (Å²) in [6, 6.07) is 0. The average molecular weight is 355 g/mol. The minimum absolute atomic E-state index is 0.220. The van der Waals surface area contributed by atoms with Crippen LogP contribution in [0.1, 0.15) is 65.2 Å². The highest BCUT2D eigenvalue weighted by Gasteiger charge is 2.14. The van der Waals surface area contributed by atoms with E-state index in [1.807, 2.05) is 6.92 Å². The second-order valence-electron chi connectivity index (χ2n) is 4.59. The zero-order chi connectivity index (χ0) is 17.1. The summed E-state index contributed by atoms with van der Waals surface area (Å²) < 4.78 is 29.7. The van der Waals surface area contributed by atoms with Crippen LogP contribution in [0.15, 0.2) is 0 Å². The second kappa shape index (κ2) is 20.6. The van der Waals surface area contributed by atoms with Crippen LogP contribution in [0, 0.1) is 0 Å². The van der Waals surface area contributed by atoms with Crippen molar-refractivity contribution in [3.63, 3.8) is 0 Å². The van der Waals surface area contributed by atoms with Gasteiger partial charge >= 0.3 is 22.7 Å². The summed E-state index contributed by atoms with van der Waals surface area (Å²) in [7, 11) is -1.65. The number of carboxylic acids is 1. The third-order valence-electron chi connectivity index (χ3n) is 2.69. The highest BCUT2D eigenvalue weighted by atomic mass is 31.1. The molecule has 6 nitrogen and oxygen atoms in total. The van der Waals surface area contributed by atoms with E-state index in [4.69, 9.17) is 9.63 Å². The second-order valence-corrected chi connectivity index (χ2v) is 6.36. The maximum atomic E-state index is 11.2. The van der Waals surface area contributed by atoms with E-state index in [1.165, 1.54) is 0 Å². The van der Waals surface area contributed by atoms with Crippen molar-refractivity contribution in [2.45, 2.75) is 65.2 Å². The van der Waals surface area contributed by atoms with E-state index in [0.29, 0.717) is 19.4 Å². The summed E-state index contributed by atoms with van der Waals surface area (Å²) >= 11 is 0. The molecule has 0 fully saturated rings. The van der Waals surface area contributed by atoms with Crippen LogP contribution in [-0.4, -0.2) is 30.5 Å². The smallest absolute Gasteiger partial charge is 0.481 e. The van der Waals surface area contributed by atoms with Crippen LogP contribution >= 0.6 is 16.7 Å². The van der Waals surface area contributed by atoms with Crippen molar-refractivity contribution in [3.05, 3.63) is 0 Å². The number of hydrogen-bond acceptors (Lipinski definition) is 5. The first-order chi connectivity index (χ1) is 10.6. The lowest BCUT2D eigenvalue weighted by molar-refractivity contribution is -0.137. The number of aliphatic carboxylic acids is 1. The topological polar surface area (TPSA) is 89.9 Å². The van der Waals surface area contributed by atoms with Crippen molar-refractivity contribution in [1.29, 1.82) is 0 Å². The Labute approximate surface area is 136 Å². The van der Waals surface area contributed by atoms with Gasteiger partial charge < -0.3 is 5.11 Å². The van der Waals surface area contributed by atoms with Gasteiger partial charge in [0.15, 0.2) is 6.16 Å². The number of rotatable bonds is 14. The summed E-state index contributed by atoms with van der Waals surface area (Å²) in [4.78, 5) is 10.3. The molecule has 22 heavy (non-hydrogen) atoms. The molecule has 0 amide bonds. The molecule has 8 heteroatoms. The fourth-order valence-corrected chi connectivity index (χ4v) is 2.67. The molecule has 0 rings (SSSR count). The normalized spacial score (nSPS) is 10.9. The van der Waals surface area contributed by atoms with Gasteiger partial charge in [0.2, 0.25) is 0 Å². The molecule has 0 radical (unpaired) electrons. The highest BCUT2D eigenvalue weighted by molar-refractivity contribution is 7.39. The Kier molecular flexibility index (Phi) is 22.3. The molecule has 0 aromatic rings. The third kappa shape index (κ3) is 24.6. The molecule has 0 bridgehead atoms. The molecule has 0 aromatic heterocycles. The Bertz CT molecular complexity index is 287. The molecule has 0 aromatic carbocycles. The van der Waals surface area contributed by atoms with E-state index < -0.39 is 14.0 Å². The van der Waals surface area contributed by atoms with Crippen LogP contribution in [0.3, 0.4) is 0 Å². The zero-order valence-corrected chi connectivity index (χ0v) is 15.4. The van der Waals surface area contributed by atoms with Gasteiger partial charge in [-0.2, -0.15) is 0 Å². The van der Waals surface area contributed by atoms with Crippen molar-refractivity contribution in [2.24, 2.45) is 0 Å². The van der Waals surface area contributed by atoms with Gasteiger partial charge in [-0.25, -0.2) is 4.57 Å². The first-order valence-corrected chi connectivity index (χ1v) is 9.91. The minimum Gasteiger partial charge on any atom is -0.481 e. The van der Waals surface area contributed by atoms with Gasteiger partial charge in [0.1, 0.15) is 0 Å². The van der Waals surface area contributed by atoms with E-state index in [-0.39, 0.29) is 15.1 Å². The average Bonchev–Trinajstić information content (AvgIpc) is 2.47. The number of unbranched alkanes of at least 4 members (excludes halogenated alkanes) is 6. The lowest BCUT2D eigenvalue weighted by Crippen LogP contribution is -1.93. The van der Waals surface area contributed by atoms with Gasteiger partial charge in [0.05, 0.1) is 13.2 Å². The summed E-state index contributed by atoms with van der Waals surface area (Å²) in [5, 5.41) is 8.44. The maximum Gasteiger partial charge on any atom is 0.508 e. The molecular weight excluding hydrogens is 326 g/mol. The Hall–Kier alpha value is -0.410. The first-order valence-electron chi connectivity index (χ1n) is 7.82. The Morgan fingerprint density at radius 2 is 1.55 bits per heavy atom. The van der Waals surface area contributed by atoms with Crippen LogP contribution in [0.4, 0.5) is 0 Å².